The van der Waals surface area contributed by atoms with Gasteiger partial charge in [0.1, 0.15) is 17.0 Å². The third kappa shape index (κ3) is 7.30. The number of aromatic nitrogens is 2. The van der Waals surface area contributed by atoms with Crippen molar-refractivity contribution in [2.75, 3.05) is 26.7 Å². The second kappa shape index (κ2) is 14.6. The lowest BCUT2D eigenvalue weighted by atomic mass is 9.73. The third-order valence-corrected chi connectivity index (χ3v) is 11.1. The number of thiophene rings is 1. The molecule has 5 aromatic rings. The van der Waals surface area contributed by atoms with Crippen molar-refractivity contribution in [2.45, 2.75) is 63.2 Å². The Morgan fingerprint density at radius 2 is 1.85 bits per heavy atom. The molecule has 46 heavy (non-hydrogen) atoms. The summed E-state index contributed by atoms with van der Waals surface area (Å²) in [6, 6.07) is 17.3. The van der Waals surface area contributed by atoms with Crippen molar-refractivity contribution >= 4 is 32.9 Å². The highest BCUT2D eigenvalue weighted by atomic mass is 32.1. The van der Waals surface area contributed by atoms with Crippen molar-refractivity contribution in [1.29, 1.82) is 0 Å². The van der Waals surface area contributed by atoms with E-state index in [-0.39, 0.29) is 16.5 Å². The Hall–Kier alpha value is -3.32. The van der Waals surface area contributed by atoms with Crippen molar-refractivity contribution in [2.24, 2.45) is 5.92 Å². The van der Waals surface area contributed by atoms with Gasteiger partial charge in [0.2, 0.25) is 5.89 Å². The number of fused-ring (bicyclic) bond motifs is 1. The largest absolute Gasteiger partial charge is 0.506 e. The summed E-state index contributed by atoms with van der Waals surface area (Å²) < 4.78 is 6.84. The van der Waals surface area contributed by atoms with Crippen LogP contribution in [0.3, 0.4) is 0 Å². The van der Waals surface area contributed by atoms with Gasteiger partial charge in [0.25, 0.3) is 0 Å². The van der Waals surface area contributed by atoms with E-state index in [2.05, 4.69) is 39.4 Å². The number of oxazole rings is 1. The minimum atomic E-state index is -1.21. The molecule has 1 aliphatic carbocycles. The molecule has 3 heterocycles. The number of thiazole rings is 1. The summed E-state index contributed by atoms with van der Waals surface area (Å²) in [6.45, 7) is 2.68. The van der Waals surface area contributed by atoms with Crippen LogP contribution in [-0.2, 0) is 25.0 Å². The van der Waals surface area contributed by atoms with Crippen LogP contribution < -0.4 is 10.2 Å². The molecule has 0 spiro atoms. The summed E-state index contributed by atoms with van der Waals surface area (Å²) in [5, 5.41) is 36.1. The van der Waals surface area contributed by atoms with Crippen LogP contribution >= 0.6 is 22.7 Å². The van der Waals surface area contributed by atoms with Crippen LogP contribution in [0.1, 0.15) is 70.7 Å². The highest BCUT2D eigenvalue weighted by Gasteiger charge is 2.44. The molecule has 1 unspecified atom stereocenters. The van der Waals surface area contributed by atoms with Crippen LogP contribution in [0.4, 0.5) is 0 Å². The quantitative estimate of drug-likeness (QED) is 0.0957. The number of benzene rings is 2. The molecule has 2 atom stereocenters. The molecule has 0 bridgehead atoms. The van der Waals surface area contributed by atoms with E-state index in [1.165, 1.54) is 22.2 Å². The van der Waals surface area contributed by atoms with Crippen LogP contribution in [0.2, 0.25) is 0 Å². The van der Waals surface area contributed by atoms with E-state index in [1.807, 2.05) is 30.3 Å². The normalized spacial score (nSPS) is 16.3. The molecule has 5 N–H and O–H groups in total. The van der Waals surface area contributed by atoms with Crippen molar-refractivity contribution in [3.63, 3.8) is 0 Å². The summed E-state index contributed by atoms with van der Waals surface area (Å²) in [5.74, 6) is 1.29. The third-order valence-electron chi connectivity index (χ3n) is 9.01. The topological polar surface area (TPSA) is 135 Å². The number of likely N-dealkylation sites (N-methyl/N-ethyl adjacent to an activating group) is 1. The molecule has 2 aromatic carbocycles. The number of hydrogen-bond acceptors (Lipinski definition) is 10. The van der Waals surface area contributed by atoms with E-state index in [1.54, 1.807) is 23.6 Å². The van der Waals surface area contributed by atoms with Gasteiger partial charge in [0.05, 0.1) is 17.0 Å². The van der Waals surface area contributed by atoms with Crippen molar-refractivity contribution < 1.29 is 19.7 Å². The predicted octanol–water partition coefficient (Wildman–Crippen LogP) is 5.70. The molecule has 1 aliphatic rings. The molecule has 1 saturated carbocycles. The number of aliphatic hydroxyl groups is 2. The minimum Gasteiger partial charge on any atom is -0.506 e. The Balaban J connectivity index is 0.976. The van der Waals surface area contributed by atoms with Gasteiger partial charge in [-0.3, -0.25) is 4.79 Å². The number of aromatic amines is 1. The first-order chi connectivity index (χ1) is 22.3. The molecule has 0 saturated heterocycles. The summed E-state index contributed by atoms with van der Waals surface area (Å²) in [5.41, 5.74) is 0.636. The number of H-pyrrole nitrogens is 1. The van der Waals surface area contributed by atoms with Gasteiger partial charge in [-0.1, -0.05) is 67.0 Å². The second-order valence-electron chi connectivity index (χ2n) is 12.3. The Bertz CT molecular complexity index is 1770. The number of rotatable bonds is 14. The Labute approximate surface area is 276 Å². The summed E-state index contributed by atoms with van der Waals surface area (Å²) in [4.78, 5) is 23.6. The fraction of sp³-hybridized carbons (Fsp3) is 0.429. The van der Waals surface area contributed by atoms with Gasteiger partial charge in [-0.2, -0.15) is 0 Å². The zero-order valence-electron chi connectivity index (χ0n) is 26.1. The monoisotopic (exact) mass is 662 g/mol. The Morgan fingerprint density at radius 1 is 1.07 bits per heavy atom. The maximum atomic E-state index is 12.1. The molecule has 0 amide bonds. The van der Waals surface area contributed by atoms with Crippen LogP contribution in [-0.4, -0.2) is 56.9 Å². The summed E-state index contributed by atoms with van der Waals surface area (Å²) in [7, 11) is 2.10. The molecular weight excluding hydrogens is 621 g/mol. The second-order valence-corrected chi connectivity index (χ2v) is 14.6. The number of nitrogens with one attached hydrogen (secondary N) is 2. The first-order valence-electron chi connectivity index (χ1n) is 16.0. The van der Waals surface area contributed by atoms with E-state index >= 15 is 0 Å². The molecule has 244 valence electrons. The van der Waals surface area contributed by atoms with Crippen molar-refractivity contribution in [3.8, 4) is 5.75 Å². The fourth-order valence-electron chi connectivity index (χ4n) is 6.50. The van der Waals surface area contributed by atoms with Crippen LogP contribution in [0.15, 0.2) is 70.0 Å². The van der Waals surface area contributed by atoms with Crippen LogP contribution in [0, 0.1) is 5.92 Å². The smallest absolute Gasteiger partial charge is 0.305 e. The lowest BCUT2D eigenvalue weighted by molar-refractivity contribution is -0.0239. The van der Waals surface area contributed by atoms with E-state index in [0.29, 0.717) is 41.2 Å². The standard InChI is InChI=1S/C35H42N4O5S2/c1-39(19-17-25-20-37-33(44-25)35(43,23-8-4-2-5-9-23)24-10-6-3-7-11-24)22-27-13-12-26(45-27)16-18-36-21-30(41)28-14-15-29(40)31-32(28)46-34(42)38-31/h2,4-5,8-9,12-15,20,24,30,36,40-41,43H,3,6-7,10-11,16-19,21-22H2,1H3,(H,38,42)/t30-,35?/m0/s1. The first-order valence-corrected chi connectivity index (χ1v) is 17.7. The molecule has 0 radical (unpaired) electrons. The van der Waals surface area contributed by atoms with Crippen LogP contribution in [0.25, 0.3) is 10.2 Å². The highest BCUT2D eigenvalue weighted by Crippen LogP contribution is 2.43. The van der Waals surface area contributed by atoms with Gasteiger partial charge in [-0.05, 0) is 50.1 Å². The molecular formula is C35H42N4O5S2. The van der Waals surface area contributed by atoms with E-state index in [9.17, 15) is 20.1 Å². The molecule has 9 nitrogen and oxygen atoms in total. The SMILES string of the molecule is CN(CCc1cnc(C(O)(c2ccccc2)C2CCCCC2)o1)Cc1ccc(CCNC[C@H](O)c2ccc(O)c3[nH]c(=O)sc23)s1. The molecule has 6 rings (SSSR count). The number of hydrogen-bond donors (Lipinski definition) is 5. The number of aromatic hydroxyl groups is 1. The minimum absolute atomic E-state index is 0.00460. The summed E-state index contributed by atoms with van der Waals surface area (Å²) in [6.07, 6.45) is 7.91. The average molecular weight is 663 g/mol. The Kier molecular flexibility index (Phi) is 10.4. The zero-order valence-corrected chi connectivity index (χ0v) is 27.7. The molecule has 11 heteroatoms. The number of phenolic OH excluding ortho intramolecular Hbond substituents is 1. The lowest BCUT2D eigenvalue weighted by Gasteiger charge is -2.36. The molecule has 3 aromatic heterocycles. The number of nitrogens with zero attached hydrogens (tertiary/aromatic N) is 2. The van der Waals surface area contributed by atoms with Crippen molar-refractivity contribution in [1.82, 2.24) is 20.2 Å². The fourth-order valence-corrected chi connectivity index (χ4v) is 8.51. The number of aliphatic hydroxyl groups excluding tert-OH is 1. The molecule has 0 aliphatic heterocycles. The predicted molar refractivity (Wildman–Crippen MR) is 183 cm³/mol. The van der Waals surface area contributed by atoms with E-state index in [4.69, 9.17) is 4.42 Å². The van der Waals surface area contributed by atoms with Gasteiger partial charge in [0, 0.05) is 53.8 Å². The van der Waals surface area contributed by atoms with Gasteiger partial charge in [-0.15, -0.1) is 11.3 Å². The Morgan fingerprint density at radius 3 is 2.65 bits per heavy atom. The lowest BCUT2D eigenvalue weighted by Crippen LogP contribution is -2.38. The summed E-state index contributed by atoms with van der Waals surface area (Å²) >= 11 is 2.78. The van der Waals surface area contributed by atoms with E-state index in [0.717, 1.165) is 67.9 Å². The van der Waals surface area contributed by atoms with Crippen LogP contribution in [0.5, 0.6) is 5.75 Å². The van der Waals surface area contributed by atoms with Gasteiger partial charge in [-0.25, -0.2) is 4.98 Å². The molecule has 1 fully saturated rings. The maximum absolute atomic E-state index is 12.1. The number of phenols is 1. The van der Waals surface area contributed by atoms with Gasteiger partial charge >= 0.3 is 4.87 Å². The van der Waals surface area contributed by atoms with Crippen molar-refractivity contribution in [3.05, 3.63) is 103 Å². The average Bonchev–Trinajstić information content (AvgIpc) is 3.83. The highest BCUT2D eigenvalue weighted by molar-refractivity contribution is 7.16. The van der Waals surface area contributed by atoms with Gasteiger partial charge < -0.3 is 34.9 Å². The van der Waals surface area contributed by atoms with E-state index < -0.39 is 11.7 Å². The first kappa shape index (κ1) is 32.6. The maximum Gasteiger partial charge on any atom is 0.305 e. The van der Waals surface area contributed by atoms with Gasteiger partial charge in [0.15, 0.2) is 5.60 Å². The zero-order chi connectivity index (χ0) is 32.1.